The van der Waals surface area contributed by atoms with Crippen LogP contribution in [0.5, 0.6) is 0 Å². The summed E-state index contributed by atoms with van der Waals surface area (Å²) in [5.74, 6) is 0.876. The van der Waals surface area contributed by atoms with E-state index in [0.717, 1.165) is 49.8 Å². The van der Waals surface area contributed by atoms with E-state index in [9.17, 15) is 0 Å². The van der Waals surface area contributed by atoms with Crippen molar-refractivity contribution >= 4 is 0 Å². The van der Waals surface area contributed by atoms with E-state index in [2.05, 4.69) is 18.1 Å². The first-order valence-corrected chi connectivity index (χ1v) is 6.74. The van der Waals surface area contributed by atoms with Crippen LogP contribution in [0.1, 0.15) is 13.8 Å². The summed E-state index contributed by atoms with van der Waals surface area (Å²) in [5.41, 5.74) is 2.13. The molecule has 3 nitrogen and oxygen atoms in total. The van der Waals surface area contributed by atoms with Crippen LogP contribution in [0.3, 0.4) is 0 Å². The van der Waals surface area contributed by atoms with Crippen molar-refractivity contribution in [1.82, 2.24) is 4.90 Å². The van der Waals surface area contributed by atoms with E-state index in [1.54, 1.807) is 0 Å². The maximum absolute atomic E-state index is 5.87. The smallest absolute Gasteiger partial charge is 0.122 e. The quantitative estimate of drug-likeness (QED) is 0.521. The highest BCUT2D eigenvalue weighted by Crippen LogP contribution is 2.12. The van der Waals surface area contributed by atoms with Gasteiger partial charge in [0.15, 0.2) is 0 Å². The Morgan fingerprint density at radius 1 is 1.21 bits per heavy atom. The van der Waals surface area contributed by atoms with Crippen molar-refractivity contribution in [3.8, 4) is 0 Å². The van der Waals surface area contributed by atoms with Gasteiger partial charge >= 0.3 is 0 Å². The Kier molecular flexibility index (Phi) is 7.23. The lowest BCUT2D eigenvalue weighted by molar-refractivity contribution is 0.0280. The summed E-state index contributed by atoms with van der Waals surface area (Å²) in [6.45, 7) is 16.8. The van der Waals surface area contributed by atoms with E-state index < -0.39 is 0 Å². The Hall–Kier alpha value is -1.32. The molecule has 1 aliphatic heterocycles. The first-order valence-electron chi connectivity index (χ1n) is 6.74. The first kappa shape index (κ1) is 15.7. The Bertz CT molecular complexity index is 363. The molecule has 0 atom stereocenters. The molecule has 1 aliphatic rings. The summed E-state index contributed by atoms with van der Waals surface area (Å²) in [5, 5.41) is 0. The number of nitrogens with zero attached hydrogens (tertiary/aromatic N) is 1. The summed E-state index contributed by atoms with van der Waals surface area (Å²) >= 11 is 0. The van der Waals surface area contributed by atoms with Crippen LogP contribution >= 0.6 is 0 Å². The minimum absolute atomic E-state index is 0.682. The average molecular weight is 263 g/mol. The molecule has 0 spiro atoms. The zero-order valence-corrected chi connectivity index (χ0v) is 12.2. The third kappa shape index (κ3) is 5.90. The predicted octanol–water partition coefficient (Wildman–Crippen LogP) is 2.93. The summed E-state index contributed by atoms with van der Waals surface area (Å²) in [7, 11) is 0. The molecule has 19 heavy (non-hydrogen) atoms. The standard InChI is InChI=1S/C16H25NO2/c1-5-14(3)13-16(15(4)6-2)19-12-9-17-7-10-18-11-8-17/h5-6,13H,1-2,7-12H2,3-4H3/b14-13+,16-15+. The predicted molar refractivity (Wildman–Crippen MR) is 80.1 cm³/mol. The topological polar surface area (TPSA) is 21.7 Å². The van der Waals surface area contributed by atoms with Crippen LogP contribution in [-0.2, 0) is 9.47 Å². The number of hydrogen-bond acceptors (Lipinski definition) is 3. The first-order chi connectivity index (χ1) is 9.17. The molecule has 0 radical (unpaired) electrons. The molecule has 1 fully saturated rings. The van der Waals surface area contributed by atoms with Crippen LogP contribution in [0.4, 0.5) is 0 Å². The van der Waals surface area contributed by atoms with E-state index >= 15 is 0 Å². The minimum atomic E-state index is 0.682. The van der Waals surface area contributed by atoms with Gasteiger partial charge in [0.05, 0.1) is 13.2 Å². The fraction of sp³-hybridized carbons (Fsp3) is 0.500. The van der Waals surface area contributed by atoms with Crippen LogP contribution in [0, 0.1) is 0 Å². The second-order valence-electron chi connectivity index (χ2n) is 4.65. The van der Waals surface area contributed by atoms with E-state index in [1.165, 1.54) is 0 Å². The molecule has 1 rings (SSSR count). The monoisotopic (exact) mass is 263 g/mol. The van der Waals surface area contributed by atoms with Crippen LogP contribution in [0.25, 0.3) is 0 Å². The summed E-state index contributed by atoms with van der Waals surface area (Å²) < 4.78 is 11.2. The molecule has 1 saturated heterocycles. The molecule has 0 bridgehead atoms. The van der Waals surface area contributed by atoms with Crippen LogP contribution < -0.4 is 0 Å². The molecule has 0 aliphatic carbocycles. The Balaban J connectivity index is 2.49. The molecule has 0 aromatic carbocycles. The number of morpholine rings is 1. The lowest BCUT2D eigenvalue weighted by Crippen LogP contribution is -2.38. The second-order valence-corrected chi connectivity index (χ2v) is 4.65. The van der Waals surface area contributed by atoms with Crippen molar-refractivity contribution in [2.45, 2.75) is 13.8 Å². The maximum Gasteiger partial charge on any atom is 0.122 e. The summed E-state index contributed by atoms with van der Waals surface area (Å²) in [6.07, 6.45) is 5.64. The van der Waals surface area contributed by atoms with Gasteiger partial charge in [-0.05, 0) is 31.1 Å². The average Bonchev–Trinajstić information content (AvgIpc) is 2.46. The van der Waals surface area contributed by atoms with Crippen LogP contribution in [-0.4, -0.2) is 44.4 Å². The zero-order chi connectivity index (χ0) is 14.1. The van der Waals surface area contributed by atoms with Gasteiger partial charge in [-0.25, -0.2) is 0 Å². The molecule has 0 aromatic heterocycles. The lowest BCUT2D eigenvalue weighted by atomic mass is 10.2. The van der Waals surface area contributed by atoms with E-state index in [0.29, 0.717) is 6.61 Å². The highest BCUT2D eigenvalue weighted by atomic mass is 16.5. The van der Waals surface area contributed by atoms with Gasteiger partial charge in [-0.15, -0.1) is 0 Å². The van der Waals surface area contributed by atoms with Crippen LogP contribution in [0.15, 0.2) is 48.3 Å². The van der Waals surface area contributed by atoms with E-state index in [-0.39, 0.29) is 0 Å². The molecule has 0 N–H and O–H groups in total. The second kappa shape index (κ2) is 8.73. The number of ether oxygens (including phenoxy) is 2. The fourth-order valence-electron chi connectivity index (χ4n) is 1.75. The van der Waals surface area contributed by atoms with Gasteiger partial charge in [-0.1, -0.05) is 25.3 Å². The molecule has 0 amide bonds. The van der Waals surface area contributed by atoms with Crippen molar-refractivity contribution in [2.75, 3.05) is 39.5 Å². The Labute approximate surface area is 116 Å². The molecule has 3 heteroatoms. The van der Waals surface area contributed by atoms with Gasteiger partial charge in [0.1, 0.15) is 12.4 Å². The number of allylic oxidation sites excluding steroid dienone is 5. The van der Waals surface area contributed by atoms with E-state index in [1.807, 2.05) is 32.1 Å². The Morgan fingerprint density at radius 3 is 2.47 bits per heavy atom. The van der Waals surface area contributed by atoms with Crippen LogP contribution in [0.2, 0.25) is 0 Å². The summed E-state index contributed by atoms with van der Waals surface area (Å²) in [6, 6.07) is 0. The Morgan fingerprint density at radius 2 is 1.89 bits per heavy atom. The highest BCUT2D eigenvalue weighted by molar-refractivity contribution is 5.31. The third-order valence-electron chi connectivity index (χ3n) is 3.14. The van der Waals surface area contributed by atoms with Gasteiger partial charge in [-0.2, -0.15) is 0 Å². The minimum Gasteiger partial charge on any atom is -0.492 e. The molecule has 106 valence electrons. The molecule has 0 saturated carbocycles. The number of rotatable bonds is 7. The largest absolute Gasteiger partial charge is 0.492 e. The summed E-state index contributed by atoms with van der Waals surface area (Å²) in [4.78, 5) is 2.36. The number of hydrogen-bond donors (Lipinski definition) is 0. The van der Waals surface area contributed by atoms with Crippen molar-refractivity contribution in [3.05, 3.63) is 48.3 Å². The lowest BCUT2D eigenvalue weighted by Gasteiger charge is -2.26. The van der Waals surface area contributed by atoms with Gasteiger partial charge in [-0.3, -0.25) is 4.90 Å². The normalized spacial score (nSPS) is 18.7. The molecular formula is C16H25NO2. The molecule has 0 unspecified atom stereocenters. The maximum atomic E-state index is 5.87. The highest BCUT2D eigenvalue weighted by Gasteiger charge is 2.10. The van der Waals surface area contributed by atoms with Crippen molar-refractivity contribution < 1.29 is 9.47 Å². The molecule has 1 heterocycles. The van der Waals surface area contributed by atoms with Crippen molar-refractivity contribution in [1.29, 1.82) is 0 Å². The van der Waals surface area contributed by atoms with E-state index in [4.69, 9.17) is 9.47 Å². The van der Waals surface area contributed by atoms with Crippen molar-refractivity contribution in [2.24, 2.45) is 0 Å². The molecular weight excluding hydrogens is 238 g/mol. The SMILES string of the molecule is C=C/C(C)=C/C(OCCN1CCOCC1)=C(/C)C=C. The third-order valence-corrected chi connectivity index (χ3v) is 3.14. The zero-order valence-electron chi connectivity index (χ0n) is 12.2. The fourth-order valence-corrected chi connectivity index (χ4v) is 1.75. The van der Waals surface area contributed by atoms with Gasteiger partial charge in [0, 0.05) is 19.6 Å². The molecule has 0 aromatic rings. The van der Waals surface area contributed by atoms with Crippen molar-refractivity contribution in [3.63, 3.8) is 0 Å². The van der Waals surface area contributed by atoms with Gasteiger partial charge < -0.3 is 9.47 Å². The van der Waals surface area contributed by atoms with Gasteiger partial charge in [0.2, 0.25) is 0 Å². The van der Waals surface area contributed by atoms with Gasteiger partial charge in [0.25, 0.3) is 0 Å².